The fourth-order valence-corrected chi connectivity index (χ4v) is 2.67. The van der Waals surface area contributed by atoms with Crippen molar-refractivity contribution in [3.8, 4) is 0 Å². The lowest BCUT2D eigenvalue weighted by molar-refractivity contribution is -0.384. The first kappa shape index (κ1) is 14.3. The standard InChI is InChI=1S/C14H18N2O4/c17-14(18)15(12-4-2-1-3-5-12)10-11-6-8-13(9-7-11)16(19)20/h6-9,12H,1-5,10H2,(H,17,18). The zero-order valence-corrected chi connectivity index (χ0v) is 11.2. The van der Waals surface area contributed by atoms with Gasteiger partial charge in [0.25, 0.3) is 5.69 Å². The highest BCUT2D eigenvalue weighted by atomic mass is 16.6. The van der Waals surface area contributed by atoms with Crippen molar-refractivity contribution in [2.24, 2.45) is 0 Å². The molecular weight excluding hydrogens is 260 g/mol. The van der Waals surface area contributed by atoms with Gasteiger partial charge in [0.05, 0.1) is 4.92 Å². The third kappa shape index (κ3) is 3.46. The molecule has 0 heterocycles. The van der Waals surface area contributed by atoms with Crippen LogP contribution in [0, 0.1) is 10.1 Å². The van der Waals surface area contributed by atoms with Gasteiger partial charge in [-0.3, -0.25) is 10.1 Å². The van der Waals surface area contributed by atoms with E-state index in [9.17, 15) is 20.0 Å². The highest BCUT2D eigenvalue weighted by Gasteiger charge is 2.25. The Morgan fingerprint density at radius 3 is 2.35 bits per heavy atom. The minimum absolute atomic E-state index is 0.0216. The van der Waals surface area contributed by atoms with Crippen LogP contribution in [0.15, 0.2) is 24.3 Å². The van der Waals surface area contributed by atoms with Crippen molar-refractivity contribution < 1.29 is 14.8 Å². The molecule has 0 aliphatic heterocycles. The predicted octanol–water partition coefficient (Wildman–Crippen LogP) is 3.41. The predicted molar refractivity (Wildman–Crippen MR) is 73.5 cm³/mol. The molecule has 0 aromatic heterocycles. The number of amides is 1. The summed E-state index contributed by atoms with van der Waals surface area (Å²) in [5.41, 5.74) is 0.803. The molecule has 0 atom stereocenters. The number of nitrogens with zero attached hydrogens (tertiary/aromatic N) is 2. The highest BCUT2D eigenvalue weighted by Crippen LogP contribution is 2.24. The molecule has 20 heavy (non-hydrogen) atoms. The van der Waals surface area contributed by atoms with Gasteiger partial charge in [-0.1, -0.05) is 31.4 Å². The van der Waals surface area contributed by atoms with Crippen LogP contribution in [0.5, 0.6) is 0 Å². The van der Waals surface area contributed by atoms with Gasteiger partial charge in [0.2, 0.25) is 0 Å². The Morgan fingerprint density at radius 1 is 1.25 bits per heavy atom. The first-order chi connectivity index (χ1) is 9.58. The molecule has 6 heteroatoms. The van der Waals surface area contributed by atoms with E-state index in [1.165, 1.54) is 23.5 Å². The molecule has 1 amide bonds. The maximum atomic E-state index is 11.4. The minimum Gasteiger partial charge on any atom is -0.465 e. The molecular formula is C14H18N2O4. The van der Waals surface area contributed by atoms with Gasteiger partial charge in [-0.25, -0.2) is 4.79 Å². The van der Waals surface area contributed by atoms with Crippen LogP contribution in [0.3, 0.4) is 0 Å². The monoisotopic (exact) mass is 278 g/mol. The molecule has 0 bridgehead atoms. The van der Waals surface area contributed by atoms with Crippen LogP contribution in [-0.4, -0.2) is 27.1 Å². The van der Waals surface area contributed by atoms with Crippen molar-refractivity contribution in [1.82, 2.24) is 4.90 Å². The van der Waals surface area contributed by atoms with Gasteiger partial charge in [0.1, 0.15) is 0 Å². The average molecular weight is 278 g/mol. The number of hydrogen-bond donors (Lipinski definition) is 1. The van der Waals surface area contributed by atoms with Crippen molar-refractivity contribution in [3.63, 3.8) is 0 Å². The van der Waals surface area contributed by atoms with Crippen molar-refractivity contribution in [2.75, 3.05) is 0 Å². The van der Waals surface area contributed by atoms with E-state index < -0.39 is 11.0 Å². The number of carbonyl (C=O) groups is 1. The van der Waals surface area contributed by atoms with Crippen molar-refractivity contribution in [2.45, 2.75) is 44.7 Å². The van der Waals surface area contributed by atoms with Crippen LogP contribution < -0.4 is 0 Å². The molecule has 0 spiro atoms. The summed E-state index contributed by atoms with van der Waals surface area (Å²) >= 11 is 0. The lowest BCUT2D eigenvalue weighted by atomic mass is 9.94. The van der Waals surface area contributed by atoms with Crippen LogP contribution in [0.2, 0.25) is 0 Å². The van der Waals surface area contributed by atoms with Crippen LogP contribution >= 0.6 is 0 Å². The minimum atomic E-state index is -0.921. The van der Waals surface area contributed by atoms with Gasteiger partial charge in [0, 0.05) is 24.7 Å². The number of benzene rings is 1. The van der Waals surface area contributed by atoms with Gasteiger partial charge in [-0.2, -0.15) is 0 Å². The third-order valence-corrected chi connectivity index (χ3v) is 3.76. The summed E-state index contributed by atoms with van der Waals surface area (Å²) in [5, 5.41) is 19.9. The Bertz CT molecular complexity index is 480. The van der Waals surface area contributed by atoms with E-state index in [2.05, 4.69) is 0 Å². The summed E-state index contributed by atoms with van der Waals surface area (Å²) in [5.74, 6) is 0. The molecule has 1 fully saturated rings. The largest absolute Gasteiger partial charge is 0.465 e. The molecule has 0 saturated heterocycles. The Kier molecular flexibility index (Phi) is 4.55. The molecule has 1 N–H and O–H groups in total. The zero-order valence-electron chi connectivity index (χ0n) is 11.2. The normalized spacial score (nSPS) is 15.8. The third-order valence-electron chi connectivity index (χ3n) is 3.76. The molecule has 1 aromatic carbocycles. The van der Waals surface area contributed by atoms with Crippen LogP contribution in [0.4, 0.5) is 10.5 Å². The van der Waals surface area contributed by atoms with E-state index in [0.29, 0.717) is 0 Å². The average Bonchev–Trinajstić information content (AvgIpc) is 2.46. The van der Waals surface area contributed by atoms with E-state index in [1.54, 1.807) is 12.1 Å². The van der Waals surface area contributed by atoms with Gasteiger partial charge < -0.3 is 10.0 Å². The number of nitro benzene ring substituents is 1. The van der Waals surface area contributed by atoms with E-state index in [-0.39, 0.29) is 18.3 Å². The molecule has 108 valence electrons. The molecule has 0 radical (unpaired) electrons. The molecule has 0 unspecified atom stereocenters. The lowest BCUT2D eigenvalue weighted by Gasteiger charge is -2.32. The summed E-state index contributed by atoms with van der Waals surface area (Å²) < 4.78 is 0. The van der Waals surface area contributed by atoms with E-state index in [0.717, 1.165) is 31.2 Å². The van der Waals surface area contributed by atoms with E-state index in [1.807, 2.05) is 0 Å². The first-order valence-corrected chi connectivity index (χ1v) is 6.81. The molecule has 1 aliphatic rings. The van der Waals surface area contributed by atoms with Crippen molar-refractivity contribution >= 4 is 11.8 Å². The van der Waals surface area contributed by atoms with Gasteiger partial charge in [0.15, 0.2) is 0 Å². The second-order valence-electron chi connectivity index (χ2n) is 5.13. The molecule has 1 aromatic rings. The van der Waals surface area contributed by atoms with Gasteiger partial charge >= 0.3 is 6.09 Å². The smallest absolute Gasteiger partial charge is 0.407 e. The van der Waals surface area contributed by atoms with Crippen molar-refractivity contribution in [3.05, 3.63) is 39.9 Å². The SMILES string of the molecule is O=C(O)N(Cc1ccc([N+](=O)[O-])cc1)C1CCCCC1. The van der Waals surface area contributed by atoms with E-state index >= 15 is 0 Å². The Morgan fingerprint density at radius 2 is 1.85 bits per heavy atom. The fourth-order valence-electron chi connectivity index (χ4n) is 2.67. The van der Waals surface area contributed by atoms with E-state index in [4.69, 9.17) is 0 Å². The first-order valence-electron chi connectivity index (χ1n) is 6.81. The fraction of sp³-hybridized carbons (Fsp3) is 0.500. The second-order valence-corrected chi connectivity index (χ2v) is 5.13. The summed E-state index contributed by atoms with van der Waals surface area (Å²) in [6, 6.07) is 6.14. The van der Waals surface area contributed by atoms with Gasteiger partial charge in [-0.05, 0) is 18.4 Å². The van der Waals surface area contributed by atoms with Crippen LogP contribution in [0.25, 0.3) is 0 Å². The zero-order chi connectivity index (χ0) is 14.5. The maximum absolute atomic E-state index is 11.4. The Balaban J connectivity index is 2.07. The maximum Gasteiger partial charge on any atom is 0.407 e. The highest BCUT2D eigenvalue weighted by molar-refractivity contribution is 5.65. The number of non-ortho nitro benzene ring substituents is 1. The molecule has 6 nitrogen and oxygen atoms in total. The number of carboxylic acid groups (broad SMARTS) is 1. The second kappa shape index (κ2) is 6.36. The molecule has 2 rings (SSSR count). The Hall–Kier alpha value is -2.11. The quantitative estimate of drug-likeness (QED) is 0.675. The summed E-state index contributed by atoms with van der Waals surface area (Å²) in [4.78, 5) is 23.0. The van der Waals surface area contributed by atoms with Crippen LogP contribution in [0.1, 0.15) is 37.7 Å². The van der Waals surface area contributed by atoms with Crippen molar-refractivity contribution in [1.29, 1.82) is 0 Å². The summed E-state index contributed by atoms with van der Waals surface area (Å²) in [6.45, 7) is 0.290. The number of rotatable bonds is 4. The van der Waals surface area contributed by atoms with Gasteiger partial charge in [-0.15, -0.1) is 0 Å². The summed E-state index contributed by atoms with van der Waals surface area (Å²) in [7, 11) is 0. The summed E-state index contributed by atoms with van der Waals surface area (Å²) in [6.07, 6.45) is 4.18. The molecule has 1 aliphatic carbocycles. The topological polar surface area (TPSA) is 83.7 Å². The lowest BCUT2D eigenvalue weighted by Crippen LogP contribution is -2.40. The Labute approximate surface area is 117 Å². The number of nitro groups is 1. The van der Waals surface area contributed by atoms with Crippen LogP contribution in [-0.2, 0) is 6.54 Å². The molecule has 1 saturated carbocycles. The number of hydrogen-bond acceptors (Lipinski definition) is 3.